The second-order valence-electron chi connectivity index (χ2n) is 4.67. The molecular weight excluding hydrogens is 284 g/mol. The molecule has 8 heteroatoms. The first kappa shape index (κ1) is 17.4. The minimum Gasteiger partial charge on any atom is -0.456 e. The van der Waals surface area contributed by atoms with Gasteiger partial charge in [0, 0.05) is 27.9 Å². The van der Waals surface area contributed by atoms with Gasteiger partial charge in [-0.05, 0) is 6.92 Å². The summed E-state index contributed by atoms with van der Waals surface area (Å²) in [6.07, 6.45) is -4.47. The van der Waals surface area contributed by atoms with Crippen molar-refractivity contribution in [1.82, 2.24) is 0 Å². The third-order valence-corrected chi connectivity index (χ3v) is 2.87. The molecule has 0 aromatic carbocycles. The number of carbonyl (C=O) groups is 3. The van der Waals surface area contributed by atoms with Gasteiger partial charge in [0.2, 0.25) is 0 Å². The van der Waals surface area contributed by atoms with E-state index in [-0.39, 0.29) is 0 Å². The molecule has 1 heterocycles. The number of methoxy groups -OCH3 is 1. The summed E-state index contributed by atoms with van der Waals surface area (Å²) in [6.45, 7) is 5.27. The van der Waals surface area contributed by atoms with Crippen LogP contribution in [-0.4, -0.2) is 55.7 Å². The topological polar surface area (TPSA) is 97.4 Å². The van der Waals surface area contributed by atoms with Gasteiger partial charge in [-0.1, -0.05) is 0 Å². The average molecular weight is 304 g/mol. The molecule has 1 saturated heterocycles. The standard InChI is InChI=1S/C13H20O8/c1-6-10(19-7(2)14)11(20-8(3)15)12(21-9(4)16)13(17-5)18-6/h6,10-13H,1-5H3/t6-,10+,11+,12-,13+/m1/s1. The molecule has 8 nitrogen and oxygen atoms in total. The normalized spacial score (nSPS) is 32.1. The van der Waals surface area contributed by atoms with Crippen LogP contribution in [0.2, 0.25) is 0 Å². The molecule has 1 aliphatic heterocycles. The van der Waals surface area contributed by atoms with Crippen molar-refractivity contribution in [1.29, 1.82) is 0 Å². The van der Waals surface area contributed by atoms with Crippen molar-refractivity contribution in [2.75, 3.05) is 7.11 Å². The summed E-state index contributed by atoms with van der Waals surface area (Å²) < 4.78 is 26.0. The van der Waals surface area contributed by atoms with E-state index >= 15 is 0 Å². The van der Waals surface area contributed by atoms with E-state index in [4.69, 9.17) is 23.7 Å². The van der Waals surface area contributed by atoms with Crippen LogP contribution in [0.1, 0.15) is 27.7 Å². The number of carbonyl (C=O) groups excluding carboxylic acids is 3. The van der Waals surface area contributed by atoms with E-state index in [1.54, 1.807) is 6.92 Å². The molecule has 0 radical (unpaired) electrons. The Morgan fingerprint density at radius 1 is 0.810 bits per heavy atom. The minimum atomic E-state index is -1.03. The zero-order valence-electron chi connectivity index (χ0n) is 12.7. The number of hydrogen-bond donors (Lipinski definition) is 0. The summed E-state index contributed by atoms with van der Waals surface area (Å²) in [4.78, 5) is 33.7. The van der Waals surface area contributed by atoms with Gasteiger partial charge < -0.3 is 23.7 Å². The highest BCUT2D eigenvalue weighted by molar-refractivity contribution is 5.68. The lowest BCUT2D eigenvalue weighted by Gasteiger charge is -2.42. The summed E-state index contributed by atoms with van der Waals surface area (Å²) in [5.41, 5.74) is 0. The number of esters is 3. The van der Waals surface area contributed by atoms with Gasteiger partial charge in [-0.15, -0.1) is 0 Å². The monoisotopic (exact) mass is 304 g/mol. The SMILES string of the molecule is CO[C@H]1O[C@H](C)[C@H](OC(C)=O)[C@H](OC(C)=O)[C@H]1OC(C)=O. The van der Waals surface area contributed by atoms with Gasteiger partial charge >= 0.3 is 17.9 Å². The van der Waals surface area contributed by atoms with E-state index in [0.717, 1.165) is 0 Å². The van der Waals surface area contributed by atoms with Crippen molar-refractivity contribution in [2.45, 2.75) is 58.4 Å². The average Bonchev–Trinajstić information content (AvgIpc) is 2.35. The van der Waals surface area contributed by atoms with Crippen molar-refractivity contribution in [2.24, 2.45) is 0 Å². The lowest BCUT2D eigenvalue weighted by Crippen LogP contribution is -2.60. The molecule has 0 aliphatic carbocycles. The smallest absolute Gasteiger partial charge is 0.303 e. The third-order valence-electron chi connectivity index (χ3n) is 2.87. The van der Waals surface area contributed by atoms with E-state index in [1.807, 2.05) is 0 Å². The summed E-state index contributed by atoms with van der Waals surface area (Å²) in [7, 11) is 1.37. The highest BCUT2D eigenvalue weighted by atomic mass is 16.7. The van der Waals surface area contributed by atoms with Crippen molar-refractivity contribution in [3.05, 3.63) is 0 Å². The van der Waals surface area contributed by atoms with Gasteiger partial charge in [-0.3, -0.25) is 14.4 Å². The second kappa shape index (κ2) is 7.37. The fourth-order valence-electron chi connectivity index (χ4n) is 2.16. The van der Waals surface area contributed by atoms with Gasteiger partial charge in [0.05, 0.1) is 6.10 Å². The van der Waals surface area contributed by atoms with Crippen molar-refractivity contribution >= 4 is 17.9 Å². The summed E-state index contributed by atoms with van der Waals surface area (Å²) in [5.74, 6) is -1.76. The first-order valence-corrected chi connectivity index (χ1v) is 6.46. The fraction of sp³-hybridized carbons (Fsp3) is 0.769. The molecule has 1 aliphatic rings. The van der Waals surface area contributed by atoms with Crippen LogP contribution < -0.4 is 0 Å². The van der Waals surface area contributed by atoms with Gasteiger partial charge in [-0.25, -0.2) is 0 Å². The van der Waals surface area contributed by atoms with Crippen LogP contribution in [0.3, 0.4) is 0 Å². The van der Waals surface area contributed by atoms with Crippen molar-refractivity contribution in [3.63, 3.8) is 0 Å². The predicted molar refractivity (Wildman–Crippen MR) is 68.0 cm³/mol. The molecule has 0 unspecified atom stereocenters. The highest BCUT2D eigenvalue weighted by Crippen LogP contribution is 2.28. The molecular formula is C13H20O8. The second-order valence-corrected chi connectivity index (χ2v) is 4.67. The lowest BCUT2D eigenvalue weighted by atomic mass is 9.99. The van der Waals surface area contributed by atoms with E-state index in [1.165, 1.54) is 27.9 Å². The first-order valence-electron chi connectivity index (χ1n) is 6.46. The Morgan fingerprint density at radius 3 is 1.67 bits per heavy atom. The minimum absolute atomic E-state index is 0.565. The zero-order chi connectivity index (χ0) is 16.2. The molecule has 0 spiro atoms. The van der Waals surface area contributed by atoms with Crippen LogP contribution >= 0.6 is 0 Å². The van der Waals surface area contributed by atoms with Gasteiger partial charge in [0.15, 0.2) is 24.6 Å². The maximum Gasteiger partial charge on any atom is 0.303 e. The largest absolute Gasteiger partial charge is 0.456 e. The molecule has 1 rings (SSSR count). The molecule has 0 saturated carbocycles. The van der Waals surface area contributed by atoms with Crippen LogP contribution in [0, 0.1) is 0 Å². The van der Waals surface area contributed by atoms with Gasteiger partial charge in [0.1, 0.15) is 0 Å². The summed E-state index contributed by atoms with van der Waals surface area (Å²) in [5, 5.41) is 0. The van der Waals surface area contributed by atoms with Crippen LogP contribution in [0.5, 0.6) is 0 Å². The molecule has 1 fully saturated rings. The third kappa shape index (κ3) is 4.68. The van der Waals surface area contributed by atoms with Crippen LogP contribution in [0.4, 0.5) is 0 Å². The Hall–Kier alpha value is -1.67. The molecule has 0 N–H and O–H groups in total. The first-order chi connectivity index (χ1) is 9.76. The Bertz CT molecular complexity index is 407. The Balaban J connectivity index is 3.08. The number of ether oxygens (including phenoxy) is 5. The molecule has 0 bridgehead atoms. The van der Waals surface area contributed by atoms with Crippen molar-refractivity contribution < 1.29 is 38.1 Å². The predicted octanol–water partition coefficient (Wildman–Crippen LogP) is 0.173. The maximum absolute atomic E-state index is 11.3. The summed E-state index contributed by atoms with van der Waals surface area (Å²) in [6, 6.07) is 0. The molecule has 0 amide bonds. The summed E-state index contributed by atoms with van der Waals surface area (Å²) >= 11 is 0. The fourth-order valence-corrected chi connectivity index (χ4v) is 2.16. The number of rotatable bonds is 4. The Kier molecular flexibility index (Phi) is 6.10. The maximum atomic E-state index is 11.3. The highest BCUT2D eigenvalue weighted by Gasteiger charge is 2.50. The van der Waals surface area contributed by atoms with E-state index in [2.05, 4.69) is 0 Å². The quantitative estimate of drug-likeness (QED) is 0.535. The van der Waals surface area contributed by atoms with E-state index in [0.29, 0.717) is 0 Å². The van der Waals surface area contributed by atoms with Gasteiger partial charge in [-0.2, -0.15) is 0 Å². The van der Waals surface area contributed by atoms with E-state index in [9.17, 15) is 14.4 Å². The van der Waals surface area contributed by atoms with E-state index < -0.39 is 48.6 Å². The Labute approximate surface area is 122 Å². The van der Waals surface area contributed by atoms with Crippen LogP contribution in [0.15, 0.2) is 0 Å². The zero-order valence-corrected chi connectivity index (χ0v) is 12.7. The lowest BCUT2D eigenvalue weighted by molar-refractivity contribution is -0.294. The molecule has 0 aromatic heterocycles. The van der Waals surface area contributed by atoms with Crippen molar-refractivity contribution in [3.8, 4) is 0 Å². The number of hydrogen-bond acceptors (Lipinski definition) is 8. The van der Waals surface area contributed by atoms with Crippen LogP contribution in [-0.2, 0) is 38.1 Å². The molecule has 21 heavy (non-hydrogen) atoms. The molecule has 120 valence electrons. The molecule has 5 atom stereocenters. The van der Waals surface area contributed by atoms with Crippen LogP contribution in [0.25, 0.3) is 0 Å². The van der Waals surface area contributed by atoms with Gasteiger partial charge in [0.25, 0.3) is 0 Å². The molecule has 0 aromatic rings. The Morgan fingerprint density at radius 2 is 1.24 bits per heavy atom.